The molecule has 1 saturated heterocycles. The van der Waals surface area contributed by atoms with Crippen molar-refractivity contribution in [2.75, 3.05) is 11.9 Å². The maximum absolute atomic E-state index is 12.2. The number of hydroxylamine groups is 2. The number of nitrogens with one attached hydrogen (secondary N) is 1. The number of carbonyl (C=O) groups is 1. The monoisotopic (exact) mass is 350 g/mol. The van der Waals surface area contributed by atoms with Gasteiger partial charge in [0.25, 0.3) is 5.91 Å². The van der Waals surface area contributed by atoms with E-state index in [1.165, 1.54) is 9.94 Å². The summed E-state index contributed by atoms with van der Waals surface area (Å²) >= 11 is 8.07. The van der Waals surface area contributed by atoms with Crippen LogP contribution in [0.15, 0.2) is 35.7 Å². The van der Waals surface area contributed by atoms with Crippen LogP contribution in [0.1, 0.15) is 24.3 Å². The predicted octanol–water partition coefficient (Wildman–Crippen LogP) is 4.31. The molecule has 1 aromatic heterocycles. The van der Waals surface area contributed by atoms with Gasteiger partial charge in [0.15, 0.2) is 0 Å². The van der Waals surface area contributed by atoms with Crippen LogP contribution in [0, 0.1) is 5.41 Å². The van der Waals surface area contributed by atoms with Gasteiger partial charge in [-0.15, -0.1) is 11.3 Å². The Balaban J connectivity index is 1.64. The van der Waals surface area contributed by atoms with E-state index in [0.29, 0.717) is 18.2 Å². The van der Waals surface area contributed by atoms with E-state index in [4.69, 9.17) is 16.4 Å². The first kappa shape index (κ1) is 16.3. The fourth-order valence-electron chi connectivity index (χ4n) is 2.36. The van der Waals surface area contributed by atoms with Crippen molar-refractivity contribution in [3.05, 3.63) is 51.2 Å². The summed E-state index contributed by atoms with van der Waals surface area (Å²) in [4.78, 5) is 18.9. The summed E-state index contributed by atoms with van der Waals surface area (Å²) in [5.41, 5.74) is 1.37. The van der Waals surface area contributed by atoms with Gasteiger partial charge in [0.05, 0.1) is 18.6 Å². The molecule has 1 aromatic carbocycles. The molecule has 0 bridgehead atoms. The molecule has 0 saturated carbocycles. The van der Waals surface area contributed by atoms with Crippen molar-refractivity contribution in [1.29, 1.82) is 0 Å². The molecule has 122 valence electrons. The number of carbonyl (C=O) groups excluding carboxylic acids is 1. The van der Waals surface area contributed by atoms with Crippen molar-refractivity contribution in [1.82, 2.24) is 5.06 Å². The Morgan fingerprint density at radius 1 is 1.39 bits per heavy atom. The predicted molar refractivity (Wildman–Crippen MR) is 93.4 cm³/mol. The molecule has 6 heteroatoms. The summed E-state index contributed by atoms with van der Waals surface area (Å²) in [5.74, 6) is -0.00605. The van der Waals surface area contributed by atoms with E-state index in [-0.39, 0.29) is 5.91 Å². The lowest BCUT2D eigenvalue weighted by molar-refractivity contribution is -0.165. The minimum Gasteiger partial charge on any atom is -0.380 e. The van der Waals surface area contributed by atoms with Crippen LogP contribution >= 0.6 is 22.9 Å². The van der Waals surface area contributed by atoms with Gasteiger partial charge in [0, 0.05) is 22.1 Å². The lowest BCUT2D eigenvalue weighted by Crippen LogP contribution is -2.30. The van der Waals surface area contributed by atoms with Crippen LogP contribution in [-0.2, 0) is 22.7 Å². The number of hydrogen-bond donors (Lipinski definition) is 1. The van der Waals surface area contributed by atoms with Gasteiger partial charge in [-0.05, 0) is 43.0 Å². The Labute approximate surface area is 145 Å². The number of nitrogens with zero attached hydrogens (tertiary/aromatic N) is 1. The molecule has 1 N–H and O–H groups in total. The van der Waals surface area contributed by atoms with E-state index in [9.17, 15) is 4.79 Å². The third-order valence-electron chi connectivity index (χ3n) is 3.80. The highest BCUT2D eigenvalue weighted by Crippen LogP contribution is 2.30. The zero-order chi connectivity index (χ0) is 16.4. The fraction of sp³-hybridized carbons (Fsp3) is 0.353. The zero-order valence-electron chi connectivity index (χ0n) is 13.1. The second-order valence-electron chi connectivity index (χ2n) is 6.24. The average Bonchev–Trinajstić information content (AvgIpc) is 3.11. The normalized spacial score (nSPS) is 16.8. The molecule has 1 aliphatic rings. The van der Waals surface area contributed by atoms with Crippen LogP contribution in [0.3, 0.4) is 0 Å². The number of benzene rings is 1. The van der Waals surface area contributed by atoms with Gasteiger partial charge in [-0.3, -0.25) is 9.63 Å². The van der Waals surface area contributed by atoms with Crippen molar-refractivity contribution in [3.63, 3.8) is 0 Å². The van der Waals surface area contributed by atoms with Gasteiger partial charge in [-0.1, -0.05) is 23.7 Å². The summed E-state index contributed by atoms with van der Waals surface area (Å²) in [6, 6.07) is 9.91. The Bertz CT molecular complexity index is 701. The molecule has 0 radical (unpaired) electrons. The molecule has 2 aromatic rings. The van der Waals surface area contributed by atoms with Crippen molar-refractivity contribution in [2.45, 2.75) is 26.9 Å². The van der Waals surface area contributed by atoms with E-state index in [0.717, 1.165) is 17.8 Å². The Morgan fingerprint density at radius 2 is 2.22 bits per heavy atom. The van der Waals surface area contributed by atoms with E-state index in [1.807, 2.05) is 38.1 Å². The zero-order valence-corrected chi connectivity index (χ0v) is 14.7. The molecule has 2 heterocycles. The molecule has 1 aliphatic heterocycles. The van der Waals surface area contributed by atoms with Crippen LogP contribution < -0.4 is 5.32 Å². The summed E-state index contributed by atoms with van der Waals surface area (Å²) < 4.78 is 0. The Kier molecular flexibility index (Phi) is 4.62. The average molecular weight is 351 g/mol. The first-order valence-corrected chi connectivity index (χ1v) is 8.71. The molecule has 1 fully saturated rings. The summed E-state index contributed by atoms with van der Waals surface area (Å²) in [7, 11) is 0. The second-order valence-corrected chi connectivity index (χ2v) is 7.68. The third-order valence-corrected chi connectivity index (χ3v) is 5.03. The largest absolute Gasteiger partial charge is 0.380 e. The van der Waals surface area contributed by atoms with Crippen LogP contribution in [0.25, 0.3) is 0 Å². The Hall–Kier alpha value is -1.56. The third kappa shape index (κ3) is 3.68. The minimum absolute atomic E-state index is 0.00605. The van der Waals surface area contributed by atoms with Crippen molar-refractivity contribution in [2.24, 2.45) is 5.41 Å². The SMILES string of the molecule is CC1(C)CON(Cc2ccc(NCc3cccs3)cc2Cl)C1=O. The van der Waals surface area contributed by atoms with Crippen molar-refractivity contribution < 1.29 is 9.63 Å². The van der Waals surface area contributed by atoms with Crippen molar-refractivity contribution >= 4 is 34.5 Å². The van der Waals surface area contributed by atoms with E-state index < -0.39 is 5.41 Å². The van der Waals surface area contributed by atoms with Crippen LogP contribution in [0.4, 0.5) is 5.69 Å². The lowest BCUT2D eigenvalue weighted by atomic mass is 9.95. The molecule has 0 spiro atoms. The van der Waals surface area contributed by atoms with Gasteiger partial charge in [-0.2, -0.15) is 0 Å². The van der Waals surface area contributed by atoms with Crippen LogP contribution in [-0.4, -0.2) is 17.6 Å². The standard InChI is InChI=1S/C17H19ClN2O2S/c1-17(2)11-22-20(16(17)21)10-12-5-6-13(8-15(12)18)19-9-14-4-3-7-23-14/h3-8,19H,9-11H2,1-2H3. The molecule has 0 unspecified atom stereocenters. The van der Waals surface area contributed by atoms with E-state index in [2.05, 4.69) is 16.8 Å². The highest BCUT2D eigenvalue weighted by Gasteiger charge is 2.40. The molecule has 3 rings (SSSR count). The Morgan fingerprint density at radius 3 is 2.83 bits per heavy atom. The maximum atomic E-state index is 12.2. The number of rotatable bonds is 5. The highest BCUT2D eigenvalue weighted by atomic mass is 35.5. The van der Waals surface area contributed by atoms with Crippen LogP contribution in [0.2, 0.25) is 5.02 Å². The molecular weight excluding hydrogens is 332 g/mol. The van der Waals surface area contributed by atoms with Gasteiger partial charge < -0.3 is 5.32 Å². The molecule has 23 heavy (non-hydrogen) atoms. The molecular formula is C17H19ClN2O2S. The molecule has 0 atom stereocenters. The number of hydrogen-bond acceptors (Lipinski definition) is 4. The first-order valence-electron chi connectivity index (χ1n) is 7.45. The van der Waals surface area contributed by atoms with Gasteiger partial charge in [0.1, 0.15) is 0 Å². The molecule has 4 nitrogen and oxygen atoms in total. The number of halogens is 1. The number of thiophene rings is 1. The van der Waals surface area contributed by atoms with Crippen LogP contribution in [0.5, 0.6) is 0 Å². The number of anilines is 1. The van der Waals surface area contributed by atoms with E-state index in [1.54, 1.807) is 11.3 Å². The van der Waals surface area contributed by atoms with Crippen molar-refractivity contribution in [3.8, 4) is 0 Å². The van der Waals surface area contributed by atoms with Gasteiger partial charge in [-0.25, -0.2) is 5.06 Å². The fourth-order valence-corrected chi connectivity index (χ4v) is 3.24. The lowest BCUT2D eigenvalue weighted by Gasteiger charge is -2.17. The van der Waals surface area contributed by atoms with Gasteiger partial charge in [0.2, 0.25) is 0 Å². The summed E-state index contributed by atoms with van der Waals surface area (Å²) in [5, 5.41) is 7.43. The minimum atomic E-state index is -0.464. The van der Waals surface area contributed by atoms with E-state index >= 15 is 0 Å². The van der Waals surface area contributed by atoms with Gasteiger partial charge >= 0.3 is 0 Å². The molecule has 0 aliphatic carbocycles. The maximum Gasteiger partial charge on any atom is 0.254 e. The highest BCUT2D eigenvalue weighted by molar-refractivity contribution is 7.09. The summed E-state index contributed by atoms with van der Waals surface area (Å²) in [6.45, 7) is 5.31. The smallest absolute Gasteiger partial charge is 0.254 e. The first-order chi connectivity index (χ1) is 11.0. The number of amides is 1. The summed E-state index contributed by atoms with van der Waals surface area (Å²) in [6.07, 6.45) is 0. The second kappa shape index (κ2) is 6.51. The molecule has 1 amide bonds. The quantitative estimate of drug-likeness (QED) is 0.873. The topological polar surface area (TPSA) is 41.6 Å².